The van der Waals surface area contributed by atoms with Crippen LogP contribution in [0.25, 0.3) is 0 Å². The molecule has 0 radical (unpaired) electrons. The molecule has 2 bridgehead atoms. The van der Waals surface area contributed by atoms with Gasteiger partial charge in [-0.25, -0.2) is 8.42 Å². The Kier molecular flexibility index (Phi) is 4.20. The number of thiophene rings is 1. The van der Waals surface area contributed by atoms with Gasteiger partial charge in [0, 0.05) is 12.1 Å². The third-order valence-corrected chi connectivity index (χ3v) is 8.60. The minimum atomic E-state index is -3.33. The highest BCUT2D eigenvalue weighted by Crippen LogP contribution is 2.41. The molecular formula is C19H21NO3S2. The standard InChI is InChI=1S/C19H21NO3S2/c1-13-9-18(24-12-13)19(21)20-14-7-8-15(20)11-17(10-14)25(22,23)16-5-3-2-4-6-16/h2-6,9,12,14-15,17H,7-8,10-11H2,1H3/t14-,15+,17?. The van der Waals surface area contributed by atoms with E-state index in [1.165, 1.54) is 11.3 Å². The van der Waals surface area contributed by atoms with E-state index in [-0.39, 0.29) is 23.2 Å². The Morgan fingerprint density at radius 3 is 2.32 bits per heavy atom. The molecule has 0 spiro atoms. The van der Waals surface area contributed by atoms with Crippen molar-refractivity contribution in [2.24, 2.45) is 0 Å². The lowest BCUT2D eigenvalue weighted by Crippen LogP contribution is -2.49. The number of hydrogen-bond acceptors (Lipinski definition) is 4. The predicted molar refractivity (Wildman–Crippen MR) is 98.7 cm³/mol. The van der Waals surface area contributed by atoms with E-state index in [0.29, 0.717) is 17.7 Å². The smallest absolute Gasteiger partial charge is 0.264 e. The average Bonchev–Trinajstić information content (AvgIpc) is 3.15. The van der Waals surface area contributed by atoms with Crippen molar-refractivity contribution in [1.82, 2.24) is 4.90 Å². The molecule has 4 rings (SSSR count). The van der Waals surface area contributed by atoms with Gasteiger partial charge in [0.25, 0.3) is 5.91 Å². The van der Waals surface area contributed by atoms with Gasteiger partial charge in [-0.15, -0.1) is 11.3 Å². The molecular weight excluding hydrogens is 354 g/mol. The summed E-state index contributed by atoms with van der Waals surface area (Å²) in [6.07, 6.45) is 2.90. The van der Waals surface area contributed by atoms with Gasteiger partial charge in [-0.2, -0.15) is 0 Å². The van der Waals surface area contributed by atoms with Crippen LogP contribution in [0, 0.1) is 6.92 Å². The topological polar surface area (TPSA) is 54.5 Å². The number of benzene rings is 1. The highest BCUT2D eigenvalue weighted by atomic mass is 32.2. The van der Waals surface area contributed by atoms with Crippen LogP contribution >= 0.6 is 11.3 Å². The predicted octanol–water partition coefficient (Wildman–Crippen LogP) is 3.67. The first-order chi connectivity index (χ1) is 12.0. The summed E-state index contributed by atoms with van der Waals surface area (Å²) >= 11 is 1.48. The van der Waals surface area contributed by atoms with Crippen molar-refractivity contribution in [3.8, 4) is 0 Å². The Hall–Kier alpha value is -1.66. The minimum absolute atomic E-state index is 0.0390. The molecule has 2 fully saturated rings. The third kappa shape index (κ3) is 2.91. The minimum Gasteiger partial charge on any atom is -0.332 e. The molecule has 1 aromatic carbocycles. The van der Waals surface area contributed by atoms with E-state index in [1.54, 1.807) is 24.3 Å². The van der Waals surface area contributed by atoms with Crippen molar-refractivity contribution >= 4 is 27.1 Å². The molecule has 25 heavy (non-hydrogen) atoms. The maximum atomic E-state index is 13.0. The molecule has 2 aliphatic heterocycles. The van der Waals surface area contributed by atoms with Crippen molar-refractivity contribution in [2.75, 3.05) is 0 Å². The molecule has 2 aliphatic rings. The summed E-state index contributed by atoms with van der Waals surface area (Å²) in [5, 5.41) is 1.60. The summed E-state index contributed by atoms with van der Waals surface area (Å²) < 4.78 is 25.9. The Morgan fingerprint density at radius 2 is 1.76 bits per heavy atom. The fourth-order valence-corrected chi connectivity index (χ4v) is 6.90. The zero-order valence-electron chi connectivity index (χ0n) is 14.1. The molecule has 0 aliphatic carbocycles. The van der Waals surface area contributed by atoms with Crippen molar-refractivity contribution in [1.29, 1.82) is 0 Å². The normalized spacial score (nSPS) is 26.0. The van der Waals surface area contributed by atoms with Gasteiger partial charge in [0.15, 0.2) is 9.84 Å². The second-order valence-corrected chi connectivity index (χ2v) is 10.2. The quantitative estimate of drug-likeness (QED) is 0.822. The van der Waals surface area contributed by atoms with Crippen LogP contribution in [0.15, 0.2) is 46.7 Å². The molecule has 3 heterocycles. The van der Waals surface area contributed by atoms with E-state index in [0.717, 1.165) is 23.3 Å². The van der Waals surface area contributed by atoms with Crippen molar-refractivity contribution in [3.05, 3.63) is 52.2 Å². The summed E-state index contributed by atoms with van der Waals surface area (Å²) in [5.41, 5.74) is 1.10. The summed E-state index contributed by atoms with van der Waals surface area (Å²) in [7, 11) is -3.33. The number of piperidine rings is 1. The maximum Gasteiger partial charge on any atom is 0.264 e. The number of rotatable bonds is 3. The number of fused-ring (bicyclic) bond motifs is 2. The van der Waals surface area contributed by atoms with E-state index >= 15 is 0 Å². The number of carbonyl (C=O) groups excluding carboxylic acids is 1. The molecule has 1 amide bonds. The largest absolute Gasteiger partial charge is 0.332 e. The maximum absolute atomic E-state index is 13.0. The van der Waals surface area contributed by atoms with Gasteiger partial charge >= 0.3 is 0 Å². The van der Waals surface area contributed by atoms with E-state index in [2.05, 4.69) is 0 Å². The number of amides is 1. The van der Waals surface area contributed by atoms with Crippen LogP contribution in [0.1, 0.15) is 40.9 Å². The highest BCUT2D eigenvalue weighted by molar-refractivity contribution is 7.92. The number of nitrogens with zero attached hydrogens (tertiary/aromatic N) is 1. The Bertz CT molecular complexity index is 874. The van der Waals surface area contributed by atoms with Gasteiger partial charge in [-0.05, 0) is 61.7 Å². The summed E-state index contributed by atoms with van der Waals surface area (Å²) in [4.78, 5) is 16.0. The number of hydrogen-bond donors (Lipinski definition) is 0. The monoisotopic (exact) mass is 375 g/mol. The van der Waals surface area contributed by atoms with E-state index in [1.807, 2.05) is 29.3 Å². The molecule has 4 nitrogen and oxygen atoms in total. The summed E-state index contributed by atoms with van der Waals surface area (Å²) in [5.74, 6) is 0.0705. The molecule has 2 saturated heterocycles. The molecule has 0 N–H and O–H groups in total. The van der Waals surface area contributed by atoms with Crippen LogP contribution < -0.4 is 0 Å². The molecule has 0 saturated carbocycles. The lowest BCUT2D eigenvalue weighted by molar-refractivity contribution is 0.0603. The second-order valence-electron chi connectivity index (χ2n) is 7.04. The molecule has 1 aromatic heterocycles. The second kappa shape index (κ2) is 6.25. The van der Waals surface area contributed by atoms with E-state index in [4.69, 9.17) is 0 Å². The molecule has 6 heteroatoms. The summed E-state index contributed by atoms with van der Waals surface area (Å²) in [6, 6.07) is 10.7. The zero-order valence-corrected chi connectivity index (χ0v) is 15.7. The zero-order chi connectivity index (χ0) is 17.6. The van der Waals surface area contributed by atoms with Crippen molar-refractivity contribution < 1.29 is 13.2 Å². The van der Waals surface area contributed by atoms with Crippen LogP contribution in [0.3, 0.4) is 0 Å². The SMILES string of the molecule is Cc1csc(C(=O)N2[C@@H]3CC[C@H]2CC(S(=O)(=O)c2ccccc2)C3)c1. The van der Waals surface area contributed by atoms with Crippen molar-refractivity contribution in [2.45, 2.75) is 54.8 Å². The Labute approximate surface area is 152 Å². The van der Waals surface area contributed by atoms with Crippen LogP contribution in [0.2, 0.25) is 0 Å². The fourth-order valence-electron chi connectivity index (χ4n) is 4.19. The highest BCUT2D eigenvalue weighted by Gasteiger charge is 2.47. The van der Waals surface area contributed by atoms with E-state index < -0.39 is 9.84 Å². The first-order valence-corrected chi connectivity index (χ1v) is 11.1. The summed E-state index contributed by atoms with van der Waals surface area (Å²) in [6.45, 7) is 1.99. The van der Waals surface area contributed by atoms with Gasteiger partial charge in [-0.3, -0.25) is 4.79 Å². The molecule has 2 aromatic rings. The van der Waals surface area contributed by atoms with Gasteiger partial charge in [-0.1, -0.05) is 18.2 Å². The van der Waals surface area contributed by atoms with Crippen LogP contribution in [0.4, 0.5) is 0 Å². The van der Waals surface area contributed by atoms with E-state index in [9.17, 15) is 13.2 Å². The van der Waals surface area contributed by atoms with Crippen LogP contribution in [-0.2, 0) is 9.84 Å². The van der Waals surface area contributed by atoms with Crippen LogP contribution in [-0.4, -0.2) is 36.6 Å². The van der Waals surface area contributed by atoms with Gasteiger partial charge in [0.2, 0.25) is 0 Å². The fraction of sp³-hybridized carbons (Fsp3) is 0.421. The van der Waals surface area contributed by atoms with Crippen molar-refractivity contribution in [3.63, 3.8) is 0 Å². The average molecular weight is 376 g/mol. The van der Waals surface area contributed by atoms with Gasteiger partial charge in [0.1, 0.15) is 0 Å². The van der Waals surface area contributed by atoms with Gasteiger partial charge in [0.05, 0.1) is 15.0 Å². The molecule has 3 atom stereocenters. The van der Waals surface area contributed by atoms with Gasteiger partial charge < -0.3 is 4.90 Å². The van der Waals surface area contributed by atoms with Crippen LogP contribution in [0.5, 0.6) is 0 Å². The molecule has 132 valence electrons. The Balaban J connectivity index is 1.57. The Morgan fingerprint density at radius 1 is 1.12 bits per heavy atom. The first kappa shape index (κ1) is 16.8. The first-order valence-electron chi connectivity index (χ1n) is 8.63. The number of sulfone groups is 1. The molecule has 1 unspecified atom stereocenters. The lowest BCUT2D eigenvalue weighted by atomic mass is 10.0. The third-order valence-electron chi connectivity index (χ3n) is 5.38. The number of carbonyl (C=O) groups is 1. The lowest BCUT2D eigenvalue weighted by Gasteiger charge is -2.38. The number of aryl methyl sites for hydroxylation is 1.